The summed E-state index contributed by atoms with van der Waals surface area (Å²) in [4.78, 5) is 51.0. The number of carbonyl (C=O) groups is 4. The Morgan fingerprint density at radius 1 is 1.14 bits per heavy atom. The quantitative estimate of drug-likeness (QED) is 0.563. The van der Waals surface area contributed by atoms with E-state index in [9.17, 15) is 19.2 Å². The standard InChI is InChI=1S/C21H25ClN2O5/c1-12(24-19(26)15-8-4-5-9-16(15)20(24)27)21(28)29-13(2)18(25)23-11-14-7-3-6-10-17(14)22/h3,6-7,10,12-13,15-16H,4-5,8-9,11H2,1-2H3,(H,23,25)/t12-,13-,15-,16+/m0/s1. The van der Waals surface area contributed by atoms with Gasteiger partial charge < -0.3 is 10.1 Å². The number of fused-ring (bicyclic) bond motifs is 1. The van der Waals surface area contributed by atoms with E-state index in [0.29, 0.717) is 17.9 Å². The van der Waals surface area contributed by atoms with Crippen molar-refractivity contribution >= 4 is 35.3 Å². The fourth-order valence-electron chi connectivity index (χ4n) is 3.97. The van der Waals surface area contributed by atoms with Gasteiger partial charge in [-0.05, 0) is 38.3 Å². The summed E-state index contributed by atoms with van der Waals surface area (Å²) < 4.78 is 5.22. The zero-order valence-corrected chi connectivity index (χ0v) is 17.3. The lowest BCUT2D eigenvalue weighted by atomic mass is 9.81. The molecule has 1 saturated heterocycles. The van der Waals surface area contributed by atoms with Crippen molar-refractivity contribution in [3.63, 3.8) is 0 Å². The lowest BCUT2D eigenvalue weighted by molar-refractivity contribution is -0.164. The van der Waals surface area contributed by atoms with Crippen LogP contribution in [-0.2, 0) is 30.5 Å². The minimum Gasteiger partial charge on any atom is -0.451 e. The van der Waals surface area contributed by atoms with Crippen LogP contribution < -0.4 is 5.32 Å². The van der Waals surface area contributed by atoms with Crippen molar-refractivity contribution < 1.29 is 23.9 Å². The van der Waals surface area contributed by atoms with Gasteiger partial charge in [-0.3, -0.25) is 19.3 Å². The van der Waals surface area contributed by atoms with Crippen LogP contribution in [0.15, 0.2) is 24.3 Å². The highest BCUT2D eigenvalue weighted by atomic mass is 35.5. The molecule has 0 radical (unpaired) electrons. The van der Waals surface area contributed by atoms with Crippen molar-refractivity contribution in [3.05, 3.63) is 34.9 Å². The second kappa shape index (κ2) is 8.95. The van der Waals surface area contributed by atoms with Crippen molar-refractivity contribution in [2.75, 3.05) is 0 Å². The zero-order chi connectivity index (χ0) is 21.1. The lowest BCUT2D eigenvalue weighted by Gasteiger charge is -2.23. The summed E-state index contributed by atoms with van der Waals surface area (Å²) in [7, 11) is 0. The number of benzene rings is 1. The Bertz CT molecular complexity index is 803. The Balaban J connectivity index is 1.56. The molecule has 156 valence electrons. The molecule has 1 saturated carbocycles. The average molecular weight is 421 g/mol. The molecule has 0 spiro atoms. The van der Waals surface area contributed by atoms with Crippen LogP contribution in [0.1, 0.15) is 45.1 Å². The normalized spacial score (nSPS) is 23.3. The largest absolute Gasteiger partial charge is 0.451 e. The van der Waals surface area contributed by atoms with Crippen LogP contribution >= 0.6 is 11.6 Å². The molecule has 0 unspecified atom stereocenters. The van der Waals surface area contributed by atoms with E-state index in [0.717, 1.165) is 23.3 Å². The summed E-state index contributed by atoms with van der Waals surface area (Å²) in [5.74, 6) is -2.53. The molecule has 4 atom stereocenters. The molecule has 8 heteroatoms. The number of rotatable bonds is 6. The molecule has 7 nitrogen and oxygen atoms in total. The number of nitrogens with one attached hydrogen (secondary N) is 1. The number of nitrogens with zero attached hydrogens (tertiary/aromatic N) is 1. The molecule has 1 aromatic carbocycles. The minimum absolute atomic E-state index is 0.197. The van der Waals surface area contributed by atoms with E-state index < -0.39 is 24.0 Å². The van der Waals surface area contributed by atoms with Crippen LogP contribution in [0.5, 0.6) is 0 Å². The van der Waals surface area contributed by atoms with Gasteiger partial charge in [0.1, 0.15) is 6.04 Å². The van der Waals surface area contributed by atoms with E-state index in [1.165, 1.54) is 13.8 Å². The highest BCUT2D eigenvalue weighted by Crippen LogP contribution is 2.38. The maximum absolute atomic E-state index is 12.6. The molecule has 1 heterocycles. The van der Waals surface area contributed by atoms with Gasteiger partial charge in [-0.1, -0.05) is 42.6 Å². The van der Waals surface area contributed by atoms with Crippen LogP contribution in [-0.4, -0.2) is 40.7 Å². The van der Waals surface area contributed by atoms with Crippen molar-refractivity contribution in [2.45, 2.75) is 58.2 Å². The fraction of sp³-hybridized carbons (Fsp3) is 0.524. The Morgan fingerprint density at radius 3 is 2.31 bits per heavy atom. The van der Waals surface area contributed by atoms with Gasteiger partial charge in [-0.15, -0.1) is 0 Å². The molecule has 1 N–H and O–H groups in total. The number of imide groups is 1. The Hall–Kier alpha value is -2.41. The van der Waals surface area contributed by atoms with Crippen LogP contribution in [0.4, 0.5) is 0 Å². The van der Waals surface area contributed by atoms with E-state index in [2.05, 4.69) is 5.32 Å². The first kappa shape index (κ1) is 21.3. The molecule has 2 aliphatic rings. The maximum Gasteiger partial charge on any atom is 0.329 e. The van der Waals surface area contributed by atoms with Crippen LogP contribution in [0.25, 0.3) is 0 Å². The summed E-state index contributed by atoms with van der Waals surface area (Å²) in [6.07, 6.45) is 2.11. The third-order valence-electron chi connectivity index (χ3n) is 5.68. The Labute approximate surface area is 174 Å². The SMILES string of the molecule is C[C@H](OC(=O)[C@H](C)N1C(=O)[C@H]2CCCC[C@H]2C1=O)C(=O)NCc1ccccc1Cl. The van der Waals surface area contributed by atoms with Gasteiger partial charge in [-0.25, -0.2) is 4.79 Å². The molecule has 0 aromatic heterocycles. The van der Waals surface area contributed by atoms with Crippen molar-refractivity contribution in [3.8, 4) is 0 Å². The molecule has 1 aliphatic heterocycles. The van der Waals surface area contributed by atoms with Gasteiger partial charge in [0.05, 0.1) is 11.8 Å². The molecule has 2 fully saturated rings. The highest BCUT2D eigenvalue weighted by molar-refractivity contribution is 6.31. The second-order valence-electron chi connectivity index (χ2n) is 7.61. The van der Waals surface area contributed by atoms with Gasteiger partial charge in [0, 0.05) is 11.6 Å². The molecule has 3 rings (SSSR count). The first-order valence-corrected chi connectivity index (χ1v) is 10.3. The van der Waals surface area contributed by atoms with E-state index in [1.807, 2.05) is 0 Å². The predicted molar refractivity (Wildman–Crippen MR) is 106 cm³/mol. The molecule has 0 bridgehead atoms. The monoisotopic (exact) mass is 420 g/mol. The summed E-state index contributed by atoms with van der Waals surface area (Å²) in [5.41, 5.74) is 0.741. The van der Waals surface area contributed by atoms with Gasteiger partial charge >= 0.3 is 5.97 Å². The third kappa shape index (κ3) is 4.45. The number of amides is 3. The van der Waals surface area contributed by atoms with E-state index in [1.54, 1.807) is 24.3 Å². The molecule has 1 aliphatic carbocycles. The van der Waals surface area contributed by atoms with Crippen LogP contribution in [0, 0.1) is 11.8 Å². The Kier molecular flexibility index (Phi) is 6.57. The highest BCUT2D eigenvalue weighted by Gasteiger charge is 2.51. The van der Waals surface area contributed by atoms with E-state index in [-0.39, 0.29) is 30.2 Å². The third-order valence-corrected chi connectivity index (χ3v) is 6.05. The summed E-state index contributed by atoms with van der Waals surface area (Å²) in [6, 6.07) is 6.04. The number of halogens is 1. The average Bonchev–Trinajstić information content (AvgIpc) is 2.97. The zero-order valence-electron chi connectivity index (χ0n) is 16.5. The lowest BCUT2D eigenvalue weighted by Crippen LogP contribution is -2.46. The molecule has 29 heavy (non-hydrogen) atoms. The van der Waals surface area contributed by atoms with Crippen molar-refractivity contribution in [1.29, 1.82) is 0 Å². The number of hydrogen-bond acceptors (Lipinski definition) is 5. The van der Waals surface area contributed by atoms with Crippen molar-refractivity contribution in [2.24, 2.45) is 11.8 Å². The maximum atomic E-state index is 12.6. The molecular formula is C21H25ClN2O5. The first-order chi connectivity index (χ1) is 13.8. The topological polar surface area (TPSA) is 92.8 Å². The number of carbonyl (C=O) groups excluding carboxylic acids is 4. The summed E-state index contributed by atoms with van der Waals surface area (Å²) in [6.45, 7) is 3.10. The van der Waals surface area contributed by atoms with Crippen LogP contribution in [0.3, 0.4) is 0 Å². The molecule has 1 aromatic rings. The number of hydrogen-bond donors (Lipinski definition) is 1. The summed E-state index contributed by atoms with van der Waals surface area (Å²) >= 11 is 6.06. The first-order valence-electron chi connectivity index (χ1n) is 9.89. The van der Waals surface area contributed by atoms with Gasteiger partial charge in [0.15, 0.2) is 6.10 Å². The smallest absolute Gasteiger partial charge is 0.329 e. The van der Waals surface area contributed by atoms with E-state index >= 15 is 0 Å². The van der Waals surface area contributed by atoms with Crippen LogP contribution in [0.2, 0.25) is 5.02 Å². The number of esters is 1. The predicted octanol–water partition coefficient (Wildman–Crippen LogP) is 2.45. The van der Waals surface area contributed by atoms with Gasteiger partial charge in [0.25, 0.3) is 5.91 Å². The number of likely N-dealkylation sites (tertiary alicyclic amines) is 1. The number of ether oxygens (including phenoxy) is 1. The Morgan fingerprint density at radius 2 is 1.72 bits per heavy atom. The second-order valence-corrected chi connectivity index (χ2v) is 8.02. The molecular weight excluding hydrogens is 396 g/mol. The van der Waals surface area contributed by atoms with Crippen molar-refractivity contribution in [1.82, 2.24) is 10.2 Å². The molecule has 3 amide bonds. The fourth-order valence-corrected chi connectivity index (χ4v) is 4.17. The van der Waals surface area contributed by atoms with Gasteiger partial charge in [-0.2, -0.15) is 0 Å². The minimum atomic E-state index is -1.07. The van der Waals surface area contributed by atoms with E-state index in [4.69, 9.17) is 16.3 Å². The summed E-state index contributed by atoms with van der Waals surface area (Å²) in [5, 5.41) is 3.19. The van der Waals surface area contributed by atoms with Gasteiger partial charge in [0.2, 0.25) is 11.8 Å².